The maximum Gasteiger partial charge on any atom is 0.233 e. The number of aryl methyl sites for hydroxylation is 1. The summed E-state index contributed by atoms with van der Waals surface area (Å²) in [6.07, 6.45) is 4.56. The van der Waals surface area contributed by atoms with Gasteiger partial charge in [0, 0.05) is 35.9 Å². The lowest BCUT2D eigenvalue weighted by Gasteiger charge is -2.20. The largest absolute Gasteiger partial charge is 0.395 e. The zero-order valence-electron chi connectivity index (χ0n) is 17.9. The minimum Gasteiger partial charge on any atom is -0.395 e. The van der Waals surface area contributed by atoms with Gasteiger partial charge in [-0.1, -0.05) is 30.3 Å². The van der Waals surface area contributed by atoms with Crippen LogP contribution < -0.4 is 5.32 Å². The second-order valence-corrected chi connectivity index (χ2v) is 8.70. The van der Waals surface area contributed by atoms with E-state index in [1.165, 1.54) is 0 Å². The first-order valence-corrected chi connectivity index (χ1v) is 10.6. The molecule has 31 heavy (non-hydrogen) atoms. The molecule has 2 heterocycles. The van der Waals surface area contributed by atoms with E-state index in [1.807, 2.05) is 30.3 Å². The van der Waals surface area contributed by atoms with Crippen molar-refractivity contribution < 1.29 is 14.7 Å². The Kier molecular flexibility index (Phi) is 5.74. The average molecular weight is 418 g/mol. The van der Waals surface area contributed by atoms with Gasteiger partial charge in [0.1, 0.15) is 5.82 Å². The van der Waals surface area contributed by atoms with Crippen molar-refractivity contribution in [3.63, 3.8) is 0 Å². The number of carbonyl (C=O) groups is 2. The number of Topliss-reactive ketones (excluding diaryl/α,β-unsaturated/α-hetero) is 1. The Morgan fingerprint density at radius 2 is 1.97 bits per heavy atom. The van der Waals surface area contributed by atoms with Gasteiger partial charge in [0.2, 0.25) is 5.91 Å². The molecule has 1 aromatic carbocycles. The summed E-state index contributed by atoms with van der Waals surface area (Å²) in [6, 6.07) is 13.8. The summed E-state index contributed by atoms with van der Waals surface area (Å²) in [5.41, 5.74) is 4.77. The molecule has 1 aliphatic carbocycles. The van der Waals surface area contributed by atoms with Crippen molar-refractivity contribution in [1.29, 1.82) is 0 Å². The van der Waals surface area contributed by atoms with Crippen molar-refractivity contribution >= 4 is 17.5 Å². The van der Waals surface area contributed by atoms with Crippen LogP contribution in [0.25, 0.3) is 11.3 Å². The van der Waals surface area contributed by atoms with Gasteiger partial charge in [-0.3, -0.25) is 9.59 Å². The fourth-order valence-corrected chi connectivity index (χ4v) is 3.91. The molecule has 0 spiro atoms. The number of amides is 1. The molecule has 0 saturated heterocycles. The number of H-pyrrole nitrogens is 1. The first-order valence-electron chi connectivity index (χ1n) is 10.6. The van der Waals surface area contributed by atoms with Crippen LogP contribution in [0.2, 0.25) is 0 Å². The van der Waals surface area contributed by atoms with Crippen molar-refractivity contribution in [1.82, 2.24) is 9.97 Å². The molecule has 160 valence electrons. The van der Waals surface area contributed by atoms with Crippen molar-refractivity contribution in [2.75, 3.05) is 11.9 Å². The van der Waals surface area contributed by atoms with E-state index in [4.69, 9.17) is 0 Å². The molecule has 0 bridgehead atoms. The highest BCUT2D eigenvalue weighted by molar-refractivity contribution is 6.02. The van der Waals surface area contributed by atoms with Gasteiger partial charge in [0.25, 0.3) is 0 Å². The number of anilines is 1. The number of rotatable bonds is 6. The number of hydrogen-bond donors (Lipinski definition) is 3. The van der Waals surface area contributed by atoms with E-state index in [0.29, 0.717) is 18.7 Å². The summed E-state index contributed by atoms with van der Waals surface area (Å²) in [4.78, 5) is 33.0. The number of ketones is 1. The monoisotopic (exact) mass is 417 g/mol. The van der Waals surface area contributed by atoms with Gasteiger partial charge in [0.05, 0.1) is 17.7 Å². The number of nitrogens with one attached hydrogen (secondary N) is 2. The molecular weight excluding hydrogens is 390 g/mol. The molecule has 2 aromatic heterocycles. The second-order valence-electron chi connectivity index (χ2n) is 8.70. The molecular formula is C25H27N3O3. The van der Waals surface area contributed by atoms with Crippen LogP contribution in [0.1, 0.15) is 53.9 Å². The SMILES string of the molecule is CC(C)(CO)C(=O)Nc1cc(-c2[nH]c3c(c2Cc2ccccc2)C(=O)CCC3)ccn1. The number of aliphatic hydroxyl groups excluding tert-OH is 1. The van der Waals surface area contributed by atoms with Crippen LogP contribution in [0.5, 0.6) is 0 Å². The first kappa shape index (κ1) is 21.0. The zero-order chi connectivity index (χ0) is 22.0. The smallest absolute Gasteiger partial charge is 0.233 e. The molecule has 1 amide bonds. The number of aromatic amines is 1. The Hall–Kier alpha value is -3.25. The van der Waals surface area contributed by atoms with E-state index in [0.717, 1.165) is 46.5 Å². The van der Waals surface area contributed by atoms with Crippen molar-refractivity contribution in [2.45, 2.75) is 39.5 Å². The van der Waals surface area contributed by atoms with Gasteiger partial charge in [-0.25, -0.2) is 4.98 Å². The highest BCUT2D eigenvalue weighted by Gasteiger charge is 2.28. The summed E-state index contributed by atoms with van der Waals surface area (Å²) in [5.74, 6) is 0.292. The predicted octanol–water partition coefficient (Wildman–Crippen LogP) is 4.14. The Bertz CT molecular complexity index is 1120. The van der Waals surface area contributed by atoms with Gasteiger partial charge in [-0.2, -0.15) is 0 Å². The van der Waals surface area contributed by atoms with Gasteiger partial charge in [-0.05, 0) is 49.9 Å². The second kappa shape index (κ2) is 8.47. The number of carbonyl (C=O) groups excluding carboxylic acids is 2. The molecule has 4 rings (SSSR count). The van der Waals surface area contributed by atoms with E-state index < -0.39 is 5.41 Å². The van der Waals surface area contributed by atoms with E-state index in [1.54, 1.807) is 20.0 Å². The molecule has 6 nitrogen and oxygen atoms in total. The number of fused-ring (bicyclic) bond motifs is 1. The lowest BCUT2D eigenvalue weighted by Crippen LogP contribution is -2.34. The molecule has 3 aromatic rings. The molecule has 0 radical (unpaired) electrons. The standard InChI is InChI=1S/C25H27N3O3/c1-25(2,15-29)24(31)28-21-14-17(11-12-26-21)23-18(13-16-7-4-3-5-8-16)22-19(27-23)9-6-10-20(22)30/h3-5,7-8,11-12,14,27,29H,6,9-10,13,15H2,1-2H3,(H,26,28,31). The Morgan fingerprint density at radius 1 is 1.19 bits per heavy atom. The molecule has 0 atom stereocenters. The Morgan fingerprint density at radius 3 is 2.71 bits per heavy atom. The lowest BCUT2D eigenvalue weighted by molar-refractivity contribution is -0.125. The fourth-order valence-electron chi connectivity index (χ4n) is 3.91. The van der Waals surface area contributed by atoms with Crippen LogP contribution in [-0.4, -0.2) is 33.4 Å². The maximum absolute atomic E-state index is 12.8. The number of nitrogens with zero attached hydrogens (tertiary/aromatic N) is 1. The quantitative estimate of drug-likeness (QED) is 0.562. The molecule has 3 N–H and O–H groups in total. The van der Waals surface area contributed by atoms with Gasteiger partial charge in [0.15, 0.2) is 5.78 Å². The summed E-state index contributed by atoms with van der Waals surface area (Å²) < 4.78 is 0. The van der Waals surface area contributed by atoms with Gasteiger partial charge < -0.3 is 15.4 Å². The van der Waals surface area contributed by atoms with E-state index in [9.17, 15) is 14.7 Å². The summed E-state index contributed by atoms with van der Waals surface area (Å²) >= 11 is 0. The third-order valence-corrected chi connectivity index (χ3v) is 5.81. The number of aromatic nitrogens is 2. The Labute approximate surface area is 181 Å². The van der Waals surface area contributed by atoms with E-state index in [2.05, 4.69) is 27.4 Å². The van der Waals surface area contributed by atoms with Crippen LogP contribution >= 0.6 is 0 Å². The molecule has 0 unspecified atom stereocenters. The third-order valence-electron chi connectivity index (χ3n) is 5.81. The van der Waals surface area contributed by atoms with Crippen LogP contribution in [0.3, 0.4) is 0 Å². The highest BCUT2D eigenvalue weighted by Crippen LogP contribution is 2.35. The fraction of sp³-hybridized carbons (Fsp3) is 0.320. The number of hydrogen-bond acceptors (Lipinski definition) is 4. The van der Waals surface area contributed by atoms with Crippen LogP contribution in [0.4, 0.5) is 5.82 Å². The van der Waals surface area contributed by atoms with E-state index in [-0.39, 0.29) is 18.3 Å². The maximum atomic E-state index is 12.8. The molecule has 6 heteroatoms. The van der Waals surface area contributed by atoms with Crippen molar-refractivity contribution in [2.24, 2.45) is 5.41 Å². The third kappa shape index (κ3) is 4.30. The molecule has 0 aliphatic heterocycles. The predicted molar refractivity (Wildman–Crippen MR) is 120 cm³/mol. The molecule has 1 aliphatic rings. The minimum absolute atomic E-state index is 0.182. The first-order chi connectivity index (χ1) is 14.9. The topological polar surface area (TPSA) is 95.1 Å². The molecule has 0 saturated carbocycles. The summed E-state index contributed by atoms with van der Waals surface area (Å²) in [7, 11) is 0. The van der Waals surface area contributed by atoms with E-state index >= 15 is 0 Å². The van der Waals surface area contributed by atoms with Crippen LogP contribution in [0.15, 0.2) is 48.7 Å². The minimum atomic E-state index is -0.909. The number of pyridine rings is 1. The summed E-state index contributed by atoms with van der Waals surface area (Å²) in [6.45, 7) is 3.09. The average Bonchev–Trinajstić information content (AvgIpc) is 3.14. The Balaban J connectivity index is 1.74. The number of aliphatic hydroxyl groups is 1. The van der Waals surface area contributed by atoms with Gasteiger partial charge in [-0.15, -0.1) is 0 Å². The van der Waals surface area contributed by atoms with Crippen LogP contribution in [-0.2, 0) is 17.6 Å². The van der Waals surface area contributed by atoms with Crippen molar-refractivity contribution in [3.05, 3.63) is 71.0 Å². The van der Waals surface area contributed by atoms with Crippen LogP contribution in [0, 0.1) is 5.41 Å². The van der Waals surface area contributed by atoms with Gasteiger partial charge >= 0.3 is 0 Å². The molecule has 0 fully saturated rings. The highest BCUT2D eigenvalue weighted by atomic mass is 16.3. The number of benzene rings is 1. The van der Waals surface area contributed by atoms with Crippen molar-refractivity contribution in [3.8, 4) is 11.3 Å². The zero-order valence-corrected chi connectivity index (χ0v) is 17.9. The summed E-state index contributed by atoms with van der Waals surface area (Å²) in [5, 5.41) is 12.2. The normalized spacial score (nSPS) is 13.7. The lowest BCUT2D eigenvalue weighted by atomic mass is 9.89.